The Morgan fingerprint density at radius 1 is 1.22 bits per heavy atom. The molecule has 1 amide bonds. The van der Waals surface area contributed by atoms with E-state index in [4.69, 9.17) is 0 Å². The summed E-state index contributed by atoms with van der Waals surface area (Å²) in [6, 6.07) is 7.85. The molecule has 96 valence electrons. The van der Waals surface area contributed by atoms with Gasteiger partial charge in [0.15, 0.2) is 0 Å². The van der Waals surface area contributed by atoms with Crippen LogP contribution in [0.25, 0.3) is 0 Å². The lowest BCUT2D eigenvalue weighted by Gasteiger charge is -2.22. The van der Waals surface area contributed by atoms with Gasteiger partial charge in [0.1, 0.15) is 5.78 Å². The van der Waals surface area contributed by atoms with Crippen LogP contribution in [-0.4, -0.2) is 17.7 Å². The first-order chi connectivity index (χ1) is 8.69. The highest BCUT2D eigenvalue weighted by molar-refractivity contribution is 5.94. The van der Waals surface area contributed by atoms with Gasteiger partial charge in [-0.25, -0.2) is 0 Å². The van der Waals surface area contributed by atoms with Gasteiger partial charge >= 0.3 is 0 Å². The van der Waals surface area contributed by atoms with E-state index >= 15 is 0 Å². The number of benzene rings is 1. The molecule has 1 aromatic carbocycles. The Morgan fingerprint density at radius 2 is 1.83 bits per heavy atom. The first kappa shape index (κ1) is 12.8. The fraction of sp³-hybridized carbons (Fsp3) is 0.467. The van der Waals surface area contributed by atoms with Gasteiger partial charge in [-0.15, -0.1) is 0 Å². The summed E-state index contributed by atoms with van der Waals surface area (Å²) in [5, 5.41) is 3.00. The molecule has 1 fully saturated rings. The zero-order chi connectivity index (χ0) is 13.0. The van der Waals surface area contributed by atoms with Crippen LogP contribution in [0.15, 0.2) is 24.3 Å². The minimum Gasteiger partial charge on any atom is -0.349 e. The molecule has 1 N–H and O–H groups in total. The van der Waals surface area contributed by atoms with Crippen LogP contribution in [0, 0.1) is 0 Å². The van der Waals surface area contributed by atoms with Gasteiger partial charge in [-0.3, -0.25) is 9.59 Å². The average Bonchev–Trinajstić information content (AvgIpc) is 2.41. The summed E-state index contributed by atoms with van der Waals surface area (Å²) < 4.78 is 0. The molecule has 3 nitrogen and oxygen atoms in total. The van der Waals surface area contributed by atoms with Gasteiger partial charge in [0, 0.05) is 24.4 Å². The monoisotopic (exact) mass is 245 g/mol. The molecule has 0 heterocycles. The van der Waals surface area contributed by atoms with Crippen molar-refractivity contribution in [1.29, 1.82) is 0 Å². The van der Waals surface area contributed by atoms with Crippen molar-refractivity contribution in [2.45, 2.75) is 45.1 Å². The summed E-state index contributed by atoms with van der Waals surface area (Å²) in [6.45, 7) is 2.09. The lowest BCUT2D eigenvalue weighted by Crippen LogP contribution is -2.37. The highest BCUT2D eigenvalue weighted by Gasteiger charge is 2.20. The normalized spacial score (nSPS) is 16.6. The highest BCUT2D eigenvalue weighted by Crippen LogP contribution is 2.15. The lowest BCUT2D eigenvalue weighted by atomic mass is 9.94. The maximum absolute atomic E-state index is 12.0. The Bertz CT molecular complexity index is 426. The molecule has 0 aliphatic heterocycles. The molecule has 1 aliphatic rings. The number of hydrogen-bond donors (Lipinski definition) is 1. The average molecular weight is 245 g/mol. The van der Waals surface area contributed by atoms with E-state index in [1.807, 2.05) is 24.3 Å². The van der Waals surface area contributed by atoms with Crippen molar-refractivity contribution in [1.82, 2.24) is 5.32 Å². The quantitative estimate of drug-likeness (QED) is 0.889. The molecule has 0 saturated heterocycles. The predicted octanol–water partition coefficient (Wildman–Crippen LogP) is 2.49. The van der Waals surface area contributed by atoms with E-state index in [9.17, 15) is 9.59 Å². The number of aryl methyl sites for hydroxylation is 1. The van der Waals surface area contributed by atoms with Crippen LogP contribution >= 0.6 is 0 Å². The van der Waals surface area contributed by atoms with Gasteiger partial charge in [-0.1, -0.05) is 19.1 Å². The van der Waals surface area contributed by atoms with Crippen molar-refractivity contribution >= 4 is 11.7 Å². The molecule has 0 spiro atoms. The van der Waals surface area contributed by atoms with Crippen LogP contribution in [0.2, 0.25) is 0 Å². The predicted molar refractivity (Wildman–Crippen MR) is 70.5 cm³/mol. The smallest absolute Gasteiger partial charge is 0.251 e. The number of hydrogen-bond acceptors (Lipinski definition) is 2. The molecule has 1 aromatic rings. The zero-order valence-electron chi connectivity index (χ0n) is 10.7. The van der Waals surface area contributed by atoms with Crippen molar-refractivity contribution < 1.29 is 9.59 Å². The lowest BCUT2D eigenvalue weighted by molar-refractivity contribution is -0.120. The summed E-state index contributed by atoms with van der Waals surface area (Å²) in [7, 11) is 0. The molecule has 1 aliphatic carbocycles. The first-order valence-electron chi connectivity index (χ1n) is 6.60. The number of carbonyl (C=O) groups is 2. The van der Waals surface area contributed by atoms with Gasteiger partial charge in [0.05, 0.1) is 0 Å². The Balaban J connectivity index is 1.92. The number of nitrogens with one attached hydrogen (secondary N) is 1. The summed E-state index contributed by atoms with van der Waals surface area (Å²) in [6.07, 6.45) is 3.72. The summed E-state index contributed by atoms with van der Waals surface area (Å²) in [5.74, 6) is 0.282. The Hall–Kier alpha value is -1.64. The van der Waals surface area contributed by atoms with E-state index in [2.05, 4.69) is 12.2 Å². The van der Waals surface area contributed by atoms with Gasteiger partial charge in [0.25, 0.3) is 5.91 Å². The molecule has 0 radical (unpaired) electrons. The second-order valence-electron chi connectivity index (χ2n) is 4.84. The van der Waals surface area contributed by atoms with Crippen LogP contribution in [0.4, 0.5) is 0 Å². The molecule has 0 bridgehead atoms. The topological polar surface area (TPSA) is 46.2 Å². The maximum atomic E-state index is 12.0. The third kappa shape index (κ3) is 3.19. The Morgan fingerprint density at radius 3 is 2.39 bits per heavy atom. The van der Waals surface area contributed by atoms with Gasteiger partial charge in [0.2, 0.25) is 0 Å². The van der Waals surface area contributed by atoms with Crippen LogP contribution in [0.3, 0.4) is 0 Å². The molecule has 2 rings (SSSR count). The van der Waals surface area contributed by atoms with E-state index in [-0.39, 0.29) is 11.9 Å². The van der Waals surface area contributed by atoms with E-state index < -0.39 is 0 Å². The fourth-order valence-corrected chi connectivity index (χ4v) is 2.24. The van der Waals surface area contributed by atoms with E-state index in [0.29, 0.717) is 24.2 Å². The highest BCUT2D eigenvalue weighted by atomic mass is 16.1. The molecule has 1 saturated carbocycles. The molecule has 18 heavy (non-hydrogen) atoms. The first-order valence-corrected chi connectivity index (χ1v) is 6.60. The second kappa shape index (κ2) is 5.80. The molecular weight excluding hydrogens is 226 g/mol. The van der Waals surface area contributed by atoms with Crippen molar-refractivity contribution in [3.63, 3.8) is 0 Å². The van der Waals surface area contributed by atoms with E-state index in [0.717, 1.165) is 19.3 Å². The van der Waals surface area contributed by atoms with Gasteiger partial charge in [-0.05, 0) is 37.0 Å². The summed E-state index contributed by atoms with van der Waals surface area (Å²) in [4.78, 5) is 23.1. The summed E-state index contributed by atoms with van der Waals surface area (Å²) in [5.41, 5.74) is 1.93. The Kier molecular flexibility index (Phi) is 4.13. The minimum absolute atomic E-state index is 0.0306. The Labute approximate surface area is 108 Å². The molecule has 0 atom stereocenters. The molecule has 0 aromatic heterocycles. The molecule has 0 unspecified atom stereocenters. The number of carbonyl (C=O) groups excluding carboxylic acids is 2. The van der Waals surface area contributed by atoms with Crippen LogP contribution < -0.4 is 5.32 Å². The van der Waals surface area contributed by atoms with Crippen LogP contribution in [0.1, 0.15) is 48.5 Å². The largest absolute Gasteiger partial charge is 0.349 e. The standard InChI is InChI=1S/C15H19NO2/c1-2-11-3-5-12(6-4-11)15(18)16-13-7-9-14(17)10-8-13/h3-6,13H,2,7-10H2,1H3,(H,16,18). The SMILES string of the molecule is CCc1ccc(C(=O)NC2CCC(=O)CC2)cc1. The van der Waals surface area contributed by atoms with Crippen LogP contribution in [-0.2, 0) is 11.2 Å². The van der Waals surface area contributed by atoms with Gasteiger partial charge in [-0.2, -0.15) is 0 Å². The fourth-order valence-electron chi connectivity index (χ4n) is 2.24. The van der Waals surface area contributed by atoms with Crippen molar-refractivity contribution in [3.8, 4) is 0 Å². The maximum Gasteiger partial charge on any atom is 0.251 e. The van der Waals surface area contributed by atoms with E-state index in [1.165, 1.54) is 5.56 Å². The number of ketones is 1. The minimum atomic E-state index is -0.0306. The van der Waals surface area contributed by atoms with Crippen molar-refractivity contribution in [3.05, 3.63) is 35.4 Å². The number of amides is 1. The third-order valence-corrected chi connectivity index (χ3v) is 3.50. The van der Waals surface area contributed by atoms with Crippen molar-refractivity contribution in [2.24, 2.45) is 0 Å². The second-order valence-corrected chi connectivity index (χ2v) is 4.84. The molecule has 3 heteroatoms. The number of rotatable bonds is 3. The van der Waals surface area contributed by atoms with Crippen LogP contribution in [0.5, 0.6) is 0 Å². The third-order valence-electron chi connectivity index (χ3n) is 3.50. The van der Waals surface area contributed by atoms with Crippen molar-refractivity contribution in [2.75, 3.05) is 0 Å². The number of Topliss-reactive ketones (excluding diaryl/α,β-unsaturated/α-hetero) is 1. The van der Waals surface area contributed by atoms with Gasteiger partial charge < -0.3 is 5.32 Å². The zero-order valence-corrected chi connectivity index (χ0v) is 10.7. The summed E-state index contributed by atoms with van der Waals surface area (Å²) >= 11 is 0. The van der Waals surface area contributed by atoms with E-state index in [1.54, 1.807) is 0 Å². The molecular formula is C15H19NO2.